The van der Waals surface area contributed by atoms with Crippen LogP contribution in [0.25, 0.3) is 0 Å². The number of amides is 2. The number of nitrogens with one attached hydrogen (secondary N) is 2. The Kier molecular flexibility index (Phi) is 7.59. The lowest BCUT2D eigenvalue weighted by molar-refractivity contribution is -0.123. The van der Waals surface area contributed by atoms with Crippen LogP contribution < -0.4 is 10.6 Å². The van der Waals surface area contributed by atoms with Crippen molar-refractivity contribution in [2.24, 2.45) is 0 Å². The zero-order valence-electron chi connectivity index (χ0n) is 12.5. The first kappa shape index (κ1) is 17.0. The molecule has 5 nitrogen and oxygen atoms in total. The molecular formula is C15H28N2O3. The van der Waals surface area contributed by atoms with Crippen molar-refractivity contribution in [3.05, 3.63) is 0 Å². The molecule has 0 bridgehead atoms. The van der Waals surface area contributed by atoms with Crippen LogP contribution in [0.1, 0.15) is 64.7 Å². The number of carbonyl (C=O) groups is 2. The molecule has 1 rings (SSSR count). The van der Waals surface area contributed by atoms with E-state index in [9.17, 15) is 14.7 Å². The van der Waals surface area contributed by atoms with Crippen LogP contribution in [0, 0.1) is 0 Å². The summed E-state index contributed by atoms with van der Waals surface area (Å²) in [5.41, 5.74) is -0.716. The molecule has 2 amide bonds. The van der Waals surface area contributed by atoms with E-state index < -0.39 is 5.60 Å². The van der Waals surface area contributed by atoms with E-state index in [2.05, 4.69) is 10.6 Å². The van der Waals surface area contributed by atoms with Gasteiger partial charge >= 0.3 is 0 Å². The molecule has 0 heterocycles. The Hall–Kier alpha value is -1.10. The molecule has 0 atom stereocenters. The predicted octanol–water partition coefficient (Wildman–Crippen LogP) is 1.49. The molecule has 0 aromatic carbocycles. The summed E-state index contributed by atoms with van der Waals surface area (Å²) < 4.78 is 0. The monoisotopic (exact) mass is 284 g/mol. The second kappa shape index (κ2) is 8.95. The van der Waals surface area contributed by atoms with Crippen molar-refractivity contribution in [3.63, 3.8) is 0 Å². The molecule has 1 saturated carbocycles. The molecule has 1 aliphatic carbocycles. The topological polar surface area (TPSA) is 78.4 Å². The highest BCUT2D eigenvalue weighted by molar-refractivity contribution is 5.78. The van der Waals surface area contributed by atoms with Crippen molar-refractivity contribution in [3.8, 4) is 0 Å². The SMILES string of the molecule is CCCNC(=O)CCCC(=O)NCC1(O)CCCCC1. The Labute approximate surface area is 121 Å². The number of aliphatic hydroxyl groups is 1. The minimum absolute atomic E-state index is 0.00515. The summed E-state index contributed by atoms with van der Waals surface area (Å²) in [7, 11) is 0. The van der Waals surface area contributed by atoms with Gasteiger partial charge in [0, 0.05) is 25.9 Å². The molecule has 1 aliphatic rings. The molecule has 1 fully saturated rings. The molecule has 20 heavy (non-hydrogen) atoms. The van der Waals surface area contributed by atoms with Crippen LogP contribution in [-0.2, 0) is 9.59 Å². The maximum Gasteiger partial charge on any atom is 0.220 e. The molecular weight excluding hydrogens is 256 g/mol. The third kappa shape index (κ3) is 6.89. The minimum Gasteiger partial charge on any atom is -0.388 e. The molecule has 3 N–H and O–H groups in total. The summed E-state index contributed by atoms with van der Waals surface area (Å²) in [6.07, 6.45) is 6.98. The zero-order chi connectivity index (χ0) is 14.8. The second-order valence-electron chi connectivity index (χ2n) is 5.77. The van der Waals surface area contributed by atoms with E-state index in [1.165, 1.54) is 6.42 Å². The largest absolute Gasteiger partial charge is 0.388 e. The van der Waals surface area contributed by atoms with E-state index >= 15 is 0 Å². The average molecular weight is 284 g/mol. The molecule has 0 spiro atoms. The van der Waals surface area contributed by atoms with Gasteiger partial charge in [0.2, 0.25) is 11.8 Å². The van der Waals surface area contributed by atoms with E-state index in [0.29, 0.717) is 32.4 Å². The van der Waals surface area contributed by atoms with E-state index in [0.717, 1.165) is 32.1 Å². The molecule has 0 aromatic rings. The van der Waals surface area contributed by atoms with E-state index in [4.69, 9.17) is 0 Å². The van der Waals surface area contributed by atoms with Gasteiger partial charge in [0.15, 0.2) is 0 Å². The zero-order valence-corrected chi connectivity index (χ0v) is 12.5. The van der Waals surface area contributed by atoms with Crippen LogP contribution >= 0.6 is 0 Å². The highest BCUT2D eigenvalue weighted by atomic mass is 16.3. The van der Waals surface area contributed by atoms with Gasteiger partial charge < -0.3 is 15.7 Å². The number of hydrogen-bond donors (Lipinski definition) is 3. The number of hydrogen-bond acceptors (Lipinski definition) is 3. The average Bonchev–Trinajstić information content (AvgIpc) is 2.44. The van der Waals surface area contributed by atoms with Crippen LogP contribution in [0.4, 0.5) is 0 Å². The molecule has 0 unspecified atom stereocenters. The van der Waals surface area contributed by atoms with Gasteiger partial charge in [0.25, 0.3) is 0 Å². The number of carbonyl (C=O) groups excluding carboxylic acids is 2. The second-order valence-corrected chi connectivity index (χ2v) is 5.77. The minimum atomic E-state index is -0.716. The van der Waals surface area contributed by atoms with Crippen molar-refractivity contribution in [1.82, 2.24) is 10.6 Å². The lowest BCUT2D eigenvalue weighted by atomic mass is 9.85. The third-order valence-electron chi connectivity index (χ3n) is 3.78. The van der Waals surface area contributed by atoms with Crippen LogP contribution in [-0.4, -0.2) is 35.6 Å². The van der Waals surface area contributed by atoms with Crippen molar-refractivity contribution in [2.75, 3.05) is 13.1 Å². The van der Waals surface area contributed by atoms with Gasteiger partial charge in [-0.05, 0) is 25.7 Å². The molecule has 5 heteroatoms. The van der Waals surface area contributed by atoms with E-state index in [-0.39, 0.29) is 11.8 Å². The van der Waals surface area contributed by atoms with Crippen LogP contribution in [0.15, 0.2) is 0 Å². The maximum absolute atomic E-state index is 11.7. The maximum atomic E-state index is 11.7. The van der Waals surface area contributed by atoms with Crippen LogP contribution in [0.2, 0.25) is 0 Å². The highest BCUT2D eigenvalue weighted by Crippen LogP contribution is 2.27. The molecule has 0 radical (unpaired) electrons. The Morgan fingerprint density at radius 2 is 1.65 bits per heavy atom. The first-order chi connectivity index (χ1) is 9.56. The van der Waals surface area contributed by atoms with Gasteiger partial charge in [-0.2, -0.15) is 0 Å². The third-order valence-corrected chi connectivity index (χ3v) is 3.78. The molecule has 0 saturated heterocycles. The van der Waals surface area contributed by atoms with Gasteiger partial charge in [0.1, 0.15) is 0 Å². The fourth-order valence-electron chi connectivity index (χ4n) is 2.50. The Bertz CT molecular complexity index is 312. The van der Waals surface area contributed by atoms with Crippen LogP contribution in [0.3, 0.4) is 0 Å². The fourth-order valence-corrected chi connectivity index (χ4v) is 2.50. The van der Waals surface area contributed by atoms with Crippen molar-refractivity contribution in [2.45, 2.75) is 70.3 Å². The summed E-state index contributed by atoms with van der Waals surface area (Å²) in [5, 5.41) is 15.8. The summed E-state index contributed by atoms with van der Waals surface area (Å²) in [4.78, 5) is 23.0. The lowest BCUT2D eigenvalue weighted by Crippen LogP contribution is -2.44. The van der Waals surface area contributed by atoms with Gasteiger partial charge in [-0.25, -0.2) is 0 Å². The summed E-state index contributed by atoms with van der Waals surface area (Å²) in [6.45, 7) is 3.04. The van der Waals surface area contributed by atoms with Crippen molar-refractivity contribution < 1.29 is 14.7 Å². The Morgan fingerprint density at radius 3 is 2.25 bits per heavy atom. The smallest absolute Gasteiger partial charge is 0.220 e. The van der Waals surface area contributed by atoms with Crippen LogP contribution in [0.5, 0.6) is 0 Å². The van der Waals surface area contributed by atoms with Gasteiger partial charge in [-0.1, -0.05) is 26.2 Å². The quantitative estimate of drug-likeness (QED) is 0.632. The predicted molar refractivity (Wildman–Crippen MR) is 78.2 cm³/mol. The Morgan fingerprint density at radius 1 is 1.05 bits per heavy atom. The standard InChI is InChI=1S/C15H28N2O3/c1-2-11-16-13(18)7-6-8-14(19)17-12-15(20)9-4-3-5-10-15/h20H,2-12H2,1H3,(H,16,18)(H,17,19). The van der Waals surface area contributed by atoms with Crippen molar-refractivity contribution >= 4 is 11.8 Å². The van der Waals surface area contributed by atoms with Crippen molar-refractivity contribution in [1.29, 1.82) is 0 Å². The number of rotatable bonds is 8. The normalized spacial score (nSPS) is 17.5. The highest BCUT2D eigenvalue weighted by Gasteiger charge is 2.29. The van der Waals surface area contributed by atoms with Gasteiger partial charge in [-0.15, -0.1) is 0 Å². The van der Waals surface area contributed by atoms with E-state index in [1.807, 2.05) is 6.92 Å². The summed E-state index contributed by atoms with van der Waals surface area (Å²) in [6, 6.07) is 0. The fraction of sp³-hybridized carbons (Fsp3) is 0.867. The summed E-state index contributed by atoms with van der Waals surface area (Å²) in [5.74, 6) is -0.0714. The molecule has 0 aromatic heterocycles. The van der Waals surface area contributed by atoms with Gasteiger partial charge in [0.05, 0.1) is 5.60 Å². The Balaban J connectivity index is 2.09. The first-order valence-electron chi connectivity index (χ1n) is 7.81. The first-order valence-corrected chi connectivity index (χ1v) is 7.81. The molecule has 0 aliphatic heterocycles. The summed E-state index contributed by atoms with van der Waals surface area (Å²) >= 11 is 0. The molecule has 116 valence electrons. The van der Waals surface area contributed by atoms with E-state index in [1.54, 1.807) is 0 Å². The lowest BCUT2D eigenvalue weighted by Gasteiger charge is -2.32. The van der Waals surface area contributed by atoms with Gasteiger partial charge in [-0.3, -0.25) is 9.59 Å².